The van der Waals surface area contributed by atoms with E-state index in [9.17, 15) is 20.3 Å². The van der Waals surface area contributed by atoms with Crippen LogP contribution in [0.4, 0.5) is 0 Å². The molecule has 190 valence electrons. The summed E-state index contributed by atoms with van der Waals surface area (Å²) in [6, 6.07) is 18.8. The number of benzene rings is 2. The maximum absolute atomic E-state index is 13.0. The van der Waals surface area contributed by atoms with Crippen molar-refractivity contribution in [2.45, 2.75) is 45.8 Å². The van der Waals surface area contributed by atoms with Crippen molar-refractivity contribution >= 4 is 11.4 Å². The van der Waals surface area contributed by atoms with Gasteiger partial charge in [0.1, 0.15) is 17.5 Å². The SMILES string of the molecule is CC(C)Oc1ccc(C(=O)C[C@H](CCO)Cc2ccc(-c3cn4cccc(CO)c4n3)cc2)cc1C#N. The highest BCUT2D eigenvalue weighted by Gasteiger charge is 2.18. The van der Waals surface area contributed by atoms with Crippen molar-refractivity contribution < 1.29 is 19.7 Å². The Morgan fingerprint density at radius 1 is 1.14 bits per heavy atom. The Morgan fingerprint density at radius 2 is 1.92 bits per heavy atom. The quantitative estimate of drug-likeness (QED) is 0.283. The molecule has 2 N–H and O–H groups in total. The van der Waals surface area contributed by atoms with Crippen LogP contribution >= 0.6 is 0 Å². The van der Waals surface area contributed by atoms with Gasteiger partial charge in [-0.2, -0.15) is 5.26 Å². The molecule has 0 amide bonds. The molecule has 0 aliphatic rings. The molecule has 0 radical (unpaired) electrons. The fourth-order valence-electron chi connectivity index (χ4n) is 4.47. The summed E-state index contributed by atoms with van der Waals surface area (Å²) < 4.78 is 7.56. The molecule has 0 saturated carbocycles. The van der Waals surface area contributed by atoms with Gasteiger partial charge in [0.05, 0.1) is 24.0 Å². The number of nitriles is 1. The maximum atomic E-state index is 13.0. The summed E-state index contributed by atoms with van der Waals surface area (Å²) in [6.07, 6.45) is 5.19. The number of carbonyl (C=O) groups is 1. The van der Waals surface area contributed by atoms with Crippen LogP contribution in [0.2, 0.25) is 0 Å². The van der Waals surface area contributed by atoms with Crippen molar-refractivity contribution in [2.24, 2.45) is 5.92 Å². The summed E-state index contributed by atoms with van der Waals surface area (Å²) in [5.74, 6) is 0.370. The van der Waals surface area contributed by atoms with Crippen molar-refractivity contribution in [2.75, 3.05) is 6.61 Å². The summed E-state index contributed by atoms with van der Waals surface area (Å²) in [5.41, 5.74) is 5.14. The Kier molecular flexibility index (Phi) is 8.34. The van der Waals surface area contributed by atoms with Crippen LogP contribution in [0.5, 0.6) is 5.75 Å². The van der Waals surface area contributed by atoms with Crippen LogP contribution in [0.3, 0.4) is 0 Å². The molecule has 0 aliphatic carbocycles. The molecule has 0 fully saturated rings. The molecular weight excluding hydrogens is 466 g/mol. The number of pyridine rings is 1. The first kappa shape index (κ1) is 26.1. The lowest BCUT2D eigenvalue weighted by atomic mass is 9.89. The average Bonchev–Trinajstić information content (AvgIpc) is 3.33. The van der Waals surface area contributed by atoms with E-state index in [4.69, 9.17) is 4.74 Å². The summed E-state index contributed by atoms with van der Waals surface area (Å²) in [4.78, 5) is 17.7. The number of aliphatic hydroxyl groups is 2. The highest BCUT2D eigenvalue weighted by atomic mass is 16.5. The van der Waals surface area contributed by atoms with E-state index < -0.39 is 0 Å². The molecule has 2 aromatic heterocycles. The molecule has 4 aromatic rings. The molecular formula is C30H31N3O4. The van der Waals surface area contributed by atoms with Gasteiger partial charge in [-0.3, -0.25) is 4.79 Å². The molecule has 2 aromatic carbocycles. The number of nitrogens with zero attached hydrogens (tertiary/aromatic N) is 3. The van der Waals surface area contributed by atoms with E-state index >= 15 is 0 Å². The van der Waals surface area contributed by atoms with Gasteiger partial charge in [-0.25, -0.2) is 4.98 Å². The van der Waals surface area contributed by atoms with Gasteiger partial charge in [0.2, 0.25) is 0 Å². The molecule has 4 rings (SSSR count). The molecule has 2 heterocycles. The van der Waals surface area contributed by atoms with Crippen LogP contribution in [-0.4, -0.2) is 38.1 Å². The van der Waals surface area contributed by atoms with Gasteiger partial charge in [0, 0.05) is 42.1 Å². The third-order valence-corrected chi connectivity index (χ3v) is 6.30. The van der Waals surface area contributed by atoms with Crippen molar-refractivity contribution in [3.63, 3.8) is 0 Å². The Morgan fingerprint density at radius 3 is 2.59 bits per heavy atom. The van der Waals surface area contributed by atoms with E-state index in [2.05, 4.69) is 11.1 Å². The van der Waals surface area contributed by atoms with Gasteiger partial charge in [0.25, 0.3) is 0 Å². The second-order valence-electron chi connectivity index (χ2n) is 9.44. The summed E-state index contributed by atoms with van der Waals surface area (Å²) in [7, 11) is 0. The second-order valence-corrected chi connectivity index (χ2v) is 9.44. The lowest BCUT2D eigenvalue weighted by Gasteiger charge is -2.16. The number of ether oxygens (including phenoxy) is 1. The lowest BCUT2D eigenvalue weighted by Crippen LogP contribution is -2.14. The molecule has 7 heteroatoms. The minimum absolute atomic E-state index is 0.00488. The number of rotatable bonds is 11. The van der Waals surface area contributed by atoms with E-state index in [-0.39, 0.29) is 37.4 Å². The first-order chi connectivity index (χ1) is 17.9. The number of aliphatic hydroxyl groups excluding tert-OH is 2. The number of aromatic nitrogens is 2. The molecule has 0 aliphatic heterocycles. The monoisotopic (exact) mass is 497 g/mol. The minimum Gasteiger partial charge on any atom is -0.490 e. The minimum atomic E-state index is -0.0710. The summed E-state index contributed by atoms with van der Waals surface area (Å²) in [6.45, 7) is 3.70. The Hall–Kier alpha value is -3.99. The van der Waals surface area contributed by atoms with Crippen molar-refractivity contribution in [3.8, 4) is 23.1 Å². The molecule has 0 spiro atoms. The lowest BCUT2D eigenvalue weighted by molar-refractivity contribution is 0.0953. The standard InChI is InChI=1S/C30H31N3O4/c1-20(2)37-29-10-9-24(16-26(29)17-31)28(36)15-22(11-13-34)14-21-5-7-23(8-6-21)27-18-33-12-3-4-25(19-35)30(33)32-27/h3-10,12,16,18,20,22,34-35H,11,13-15,19H2,1-2H3/t22-/m1/s1. The number of Topliss-reactive ketones (excluding diaryl/α,β-unsaturated/α-hetero) is 1. The number of hydrogen-bond acceptors (Lipinski definition) is 6. The van der Waals surface area contributed by atoms with Crippen molar-refractivity contribution in [1.82, 2.24) is 9.38 Å². The van der Waals surface area contributed by atoms with Crippen LogP contribution in [0.25, 0.3) is 16.9 Å². The van der Waals surface area contributed by atoms with Gasteiger partial charge >= 0.3 is 0 Å². The Bertz CT molecular complexity index is 1420. The molecule has 7 nitrogen and oxygen atoms in total. The molecule has 37 heavy (non-hydrogen) atoms. The maximum Gasteiger partial charge on any atom is 0.163 e. The fourth-order valence-corrected chi connectivity index (χ4v) is 4.47. The highest BCUT2D eigenvalue weighted by Crippen LogP contribution is 2.26. The van der Waals surface area contributed by atoms with Gasteiger partial charge in [0.15, 0.2) is 5.78 Å². The van der Waals surface area contributed by atoms with E-state index in [0.29, 0.717) is 29.7 Å². The third-order valence-electron chi connectivity index (χ3n) is 6.30. The fraction of sp³-hybridized carbons (Fsp3) is 0.300. The zero-order valence-electron chi connectivity index (χ0n) is 21.1. The van der Waals surface area contributed by atoms with Gasteiger partial charge < -0.3 is 19.4 Å². The van der Waals surface area contributed by atoms with Gasteiger partial charge in [-0.05, 0) is 62.4 Å². The van der Waals surface area contributed by atoms with E-state index in [1.165, 1.54) is 0 Å². The zero-order valence-corrected chi connectivity index (χ0v) is 21.1. The van der Waals surface area contributed by atoms with Gasteiger partial charge in [-0.1, -0.05) is 30.3 Å². The van der Waals surface area contributed by atoms with E-state index in [1.807, 2.05) is 67.0 Å². The average molecular weight is 498 g/mol. The number of ketones is 1. The van der Waals surface area contributed by atoms with Crippen molar-refractivity contribution in [3.05, 3.63) is 89.2 Å². The van der Waals surface area contributed by atoms with Crippen molar-refractivity contribution in [1.29, 1.82) is 5.26 Å². The Balaban J connectivity index is 1.47. The predicted octanol–water partition coefficient (Wildman–Crippen LogP) is 4.97. The van der Waals surface area contributed by atoms with Crippen LogP contribution in [0, 0.1) is 17.2 Å². The van der Waals surface area contributed by atoms with E-state index in [0.717, 1.165) is 28.0 Å². The summed E-state index contributed by atoms with van der Waals surface area (Å²) >= 11 is 0. The highest BCUT2D eigenvalue weighted by molar-refractivity contribution is 5.96. The zero-order chi connectivity index (χ0) is 26.4. The number of imidazole rings is 1. The number of carbonyl (C=O) groups excluding carboxylic acids is 1. The molecule has 0 bridgehead atoms. The molecule has 0 saturated heterocycles. The first-order valence-electron chi connectivity index (χ1n) is 12.4. The largest absolute Gasteiger partial charge is 0.490 e. The first-order valence-corrected chi connectivity index (χ1v) is 12.4. The molecule has 1 atom stereocenters. The summed E-state index contributed by atoms with van der Waals surface area (Å²) in [5, 5.41) is 28.7. The topological polar surface area (TPSA) is 108 Å². The van der Waals surface area contributed by atoms with Crippen LogP contribution in [0.1, 0.15) is 53.7 Å². The number of fused-ring (bicyclic) bond motifs is 1. The normalized spacial score (nSPS) is 12.0. The van der Waals surface area contributed by atoms with Crippen LogP contribution in [0.15, 0.2) is 67.0 Å². The number of hydrogen-bond donors (Lipinski definition) is 2. The Labute approximate surface area is 216 Å². The molecule has 0 unspecified atom stereocenters. The third kappa shape index (κ3) is 6.23. The van der Waals surface area contributed by atoms with Crippen LogP contribution < -0.4 is 4.74 Å². The van der Waals surface area contributed by atoms with Crippen LogP contribution in [-0.2, 0) is 13.0 Å². The van der Waals surface area contributed by atoms with Gasteiger partial charge in [-0.15, -0.1) is 0 Å². The van der Waals surface area contributed by atoms with E-state index in [1.54, 1.807) is 18.2 Å². The smallest absolute Gasteiger partial charge is 0.163 e. The predicted molar refractivity (Wildman–Crippen MR) is 141 cm³/mol. The second kappa shape index (κ2) is 11.8.